The number of aryl methyl sites for hydroxylation is 1. The lowest BCUT2D eigenvalue weighted by Gasteiger charge is -2.12. The summed E-state index contributed by atoms with van der Waals surface area (Å²) in [7, 11) is 1.50. The smallest absolute Gasteiger partial charge is 0.253 e. The summed E-state index contributed by atoms with van der Waals surface area (Å²) in [6, 6.07) is 5.68. The summed E-state index contributed by atoms with van der Waals surface area (Å²) in [5.74, 6) is 5.51. The second kappa shape index (κ2) is 6.80. The fraction of sp³-hybridized carbons (Fsp3) is 0.357. The maximum absolute atomic E-state index is 11.8. The molecule has 4 nitrogen and oxygen atoms in total. The van der Waals surface area contributed by atoms with E-state index in [4.69, 9.17) is 10.5 Å². The average Bonchev–Trinajstić information content (AvgIpc) is 2.36. The minimum absolute atomic E-state index is 0.195. The molecule has 1 aromatic rings. The highest BCUT2D eigenvalue weighted by molar-refractivity contribution is 5.95. The Hall–Kier alpha value is -1.83. The van der Waals surface area contributed by atoms with Crippen molar-refractivity contribution in [3.63, 3.8) is 0 Å². The van der Waals surface area contributed by atoms with Crippen LogP contribution < -0.4 is 11.1 Å². The number of amides is 1. The Morgan fingerprint density at radius 3 is 2.89 bits per heavy atom. The van der Waals surface area contributed by atoms with Crippen LogP contribution in [0, 0.1) is 18.8 Å². The van der Waals surface area contributed by atoms with E-state index in [0.29, 0.717) is 5.69 Å². The molecule has 0 saturated carbocycles. The van der Waals surface area contributed by atoms with Crippen molar-refractivity contribution in [1.82, 2.24) is 0 Å². The van der Waals surface area contributed by atoms with E-state index < -0.39 is 6.10 Å². The van der Waals surface area contributed by atoms with Gasteiger partial charge < -0.3 is 15.8 Å². The zero-order valence-electron chi connectivity index (χ0n) is 10.9. The van der Waals surface area contributed by atoms with Crippen molar-refractivity contribution < 1.29 is 9.53 Å². The molecule has 1 amide bonds. The molecule has 0 aliphatic carbocycles. The largest absolute Gasteiger partial charge is 0.372 e. The molecule has 0 aliphatic heterocycles. The van der Waals surface area contributed by atoms with Crippen molar-refractivity contribution >= 4 is 11.6 Å². The summed E-state index contributed by atoms with van der Waals surface area (Å²) in [5, 5.41) is 2.80. The predicted molar refractivity (Wildman–Crippen MR) is 72.2 cm³/mol. The first-order valence-electron chi connectivity index (χ1n) is 5.71. The van der Waals surface area contributed by atoms with Gasteiger partial charge in [0.15, 0.2) is 0 Å². The molecular formula is C14H18N2O2. The summed E-state index contributed by atoms with van der Waals surface area (Å²) in [6.45, 7) is 3.93. The standard InChI is InChI=1S/C14H18N2O2/c1-10-6-7-12(5-4-8-15)13(9-10)16-14(17)11(2)18-3/h6-7,9,11H,8,15H2,1-3H3,(H,16,17). The number of benzene rings is 1. The molecule has 18 heavy (non-hydrogen) atoms. The number of carbonyl (C=O) groups is 1. The Labute approximate surface area is 108 Å². The van der Waals surface area contributed by atoms with Gasteiger partial charge in [-0.3, -0.25) is 4.79 Å². The molecule has 0 aliphatic rings. The van der Waals surface area contributed by atoms with E-state index in [2.05, 4.69) is 17.2 Å². The number of anilines is 1. The Balaban J connectivity index is 2.99. The van der Waals surface area contributed by atoms with E-state index in [1.54, 1.807) is 6.92 Å². The molecule has 96 valence electrons. The van der Waals surface area contributed by atoms with Gasteiger partial charge in [0.25, 0.3) is 5.91 Å². The molecule has 1 aromatic carbocycles. The van der Waals surface area contributed by atoms with Crippen molar-refractivity contribution in [2.75, 3.05) is 19.0 Å². The van der Waals surface area contributed by atoms with Crippen molar-refractivity contribution in [1.29, 1.82) is 0 Å². The Bertz CT molecular complexity index is 486. The highest BCUT2D eigenvalue weighted by Gasteiger charge is 2.13. The molecule has 0 bridgehead atoms. The van der Waals surface area contributed by atoms with E-state index >= 15 is 0 Å². The Morgan fingerprint density at radius 1 is 1.56 bits per heavy atom. The van der Waals surface area contributed by atoms with Crippen LogP contribution in [0.2, 0.25) is 0 Å². The van der Waals surface area contributed by atoms with Gasteiger partial charge in [0.05, 0.1) is 12.2 Å². The van der Waals surface area contributed by atoms with Gasteiger partial charge in [0, 0.05) is 12.7 Å². The Morgan fingerprint density at radius 2 is 2.28 bits per heavy atom. The van der Waals surface area contributed by atoms with Gasteiger partial charge in [-0.25, -0.2) is 0 Å². The number of hydrogen-bond acceptors (Lipinski definition) is 3. The minimum atomic E-state index is -0.499. The number of hydrogen-bond donors (Lipinski definition) is 2. The first kappa shape index (κ1) is 14.2. The maximum Gasteiger partial charge on any atom is 0.253 e. The SMILES string of the molecule is COC(C)C(=O)Nc1cc(C)ccc1C#CCN. The summed E-state index contributed by atoms with van der Waals surface area (Å²) < 4.78 is 4.97. The number of ether oxygens (including phenoxy) is 1. The van der Waals surface area contributed by atoms with Gasteiger partial charge in [-0.05, 0) is 31.5 Å². The molecule has 0 heterocycles. The van der Waals surface area contributed by atoms with Crippen LogP contribution in [-0.2, 0) is 9.53 Å². The Kier molecular flexibility index (Phi) is 5.37. The molecule has 1 rings (SSSR count). The zero-order valence-corrected chi connectivity index (χ0v) is 10.9. The van der Waals surface area contributed by atoms with Gasteiger partial charge >= 0.3 is 0 Å². The highest BCUT2D eigenvalue weighted by Crippen LogP contribution is 2.17. The van der Waals surface area contributed by atoms with Gasteiger partial charge in [-0.2, -0.15) is 0 Å². The van der Waals surface area contributed by atoms with Crippen molar-refractivity contribution in [3.8, 4) is 11.8 Å². The van der Waals surface area contributed by atoms with Crippen LogP contribution in [0.5, 0.6) is 0 Å². The summed E-state index contributed by atoms with van der Waals surface area (Å²) in [4.78, 5) is 11.8. The van der Waals surface area contributed by atoms with Crippen LogP contribution in [0.3, 0.4) is 0 Å². The summed E-state index contributed by atoms with van der Waals surface area (Å²) in [6.07, 6.45) is -0.499. The van der Waals surface area contributed by atoms with E-state index in [9.17, 15) is 4.79 Å². The molecule has 3 N–H and O–H groups in total. The lowest BCUT2D eigenvalue weighted by molar-refractivity contribution is -0.124. The molecular weight excluding hydrogens is 228 g/mol. The van der Waals surface area contributed by atoms with Gasteiger partial charge in [0.2, 0.25) is 0 Å². The number of methoxy groups -OCH3 is 1. The molecule has 0 saturated heterocycles. The maximum atomic E-state index is 11.8. The molecule has 0 aromatic heterocycles. The predicted octanol–water partition coefficient (Wildman–Crippen LogP) is 1.28. The number of carbonyl (C=O) groups excluding carboxylic acids is 1. The highest BCUT2D eigenvalue weighted by atomic mass is 16.5. The van der Waals surface area contributed by atoms with Crippen LogP contribution >= 0.6 is 0 Å². The minimum Gasteiger partial charge on any atom is -0.372 e. The number of nitrogens with two attached hydrogens (primary N) is 1. The lowest BCUT2D eigenvalue weighted by atomic mass is 10.1. The first-order valence-corrected chi connectivity index (χ1v) is 5.71. The second-order valence-electron chi connectivity index (χ2n) is 3.92. The van der Waals surface area contributed by atoms with Crippen LogP contribution in [0.25, 0.3) is 0 Å². The third kappa shape index (κ3) is 3.88. The van der Waals surface area contributed by atoms with Crippen molar-refractivity contribution in [3.05, 3.63) is 29.3 Å². The fourth-order valence-electron chi connectivity index (χ4n) is 1.36. The third-order valence-corrected chi connectivity index (χ3v) is 2.48. The molecule has 1 atom stereocenters. The van der Waals surface area contributed by atoms with Crippen molar-refractivity contribution in [2.24, 2.45) is 5.73 Å². The molecule has 4 heteroatoms. The van der Waals surface area contributed by atoms with Gasteiger partial charge in [-0.15, -0.1) is 0 Å². The lowest BCUT2D eigenvalue weighted by Crippen LogP contribution is -2.26. The normalized spacial score (nSPS) is 11.3. The molecule has 0 fully saturated rings. The average molecular weight is 246 g/mol. The molecule has 0 radical (unpaired) electrons. The van der Waals surface area contributed by atoms with Crippen LogP contribution in [0.1, 0.15) is 18.1 Å². The van der Waals surface area contributed by atoms with Crippen LogP contribution in [0.4, 0.5) is 5.69 Å². The quantitative estimate of drug-likeness (QED) is 0.790. The third-order valence-electron chi connectivity index (χ3n) is 2.48. The monoisotopic (exact) mass is 246 g/mol. The van der Waals surface area contributed by atoms with Gasteiger partial charge in [-0.1, -0.05) is 17.9 Å². The van der Waals surface area contributed by atoms with Crippen molar-refractivity contribution in [2.45, 2.75) is 20.0 Å². The van der Waals surface area contributed by atoms with Gasteiger partial charge in [0.1, 0.15) is 6.10 Å². The van der Waals surface area contributed by atoms with E-state index in [0.717, 1.165) is 11.1 Å². The van der Waals surface area contributed by atoms with Crippen LogP contribution in [-0.4, -0.2) is 25.7 Å². The summed E-state index contributed by atoms with van der Waals surface area (Å²) >= 11 is 0. The van der Waals surface area contributed by atoms with Crippen LogP contribution in [0.15, 0.2) is 18.2 Å². The van der Waals surface area contributed by atoms with E-state index in [1.165, 1.54) is 7.11 Å². The summed E-state index contributed by atoms with van der Waals surface area (Å²) in [5.41, 5.74) is 7.83. The second-order valence-corrected chi connectivity index (χ2v) is 3.92. The fourth-order valence-corrected chi connectivity index (χ4v) is 1.36. The first-order chi connectivity index (χ1) is 8.58. The van der Waals surface area contributed by atoms with E-state index in [1.807, 2.05) is 25.1 Å². The van der Waals surface area contributed by atoms with E-state index in [-0.39, 0.29) is 12.5 Å². The molecule has 1 unspecified atom stereocenters. The number of nitrogens with one attached hydrogen (secondary N) is 1. The zero-order chi connectivity index (χ0) is 13.5. The number of rotatable bonds is 3. The molecule has 0 spiro atoms. The topological polar surface area (TPSA) is 64.3 Å².